The first kappa shape index (κ1) is 17.0. The number of carboxylic acid groups (broad SMARTS) is 1. The minimum Gasteiger partial charge on any atom is -0.481 e. The molecule has 1 aromatic heterocycles. The van der Waals surface area contributed by atoms with Crippen molar-refractivity contribution in [3.63, 3.8) is 0 Å². The second-order valence-electron chi connectivity index (χ2n) is 3.76. The van der Waals surface area contributed by atoms with Crippen LogP contribution in [0.3, 0.4) is 0 Å². The molecule has 0 spiro atoms. The van der Waals surface area contributed by atoms with Gasteiger partial charge in [0.25, 0.3) is 0 Å². The second kappa shape index (κ2) is 5.76. The predicted octanol–water partition coefficient (Wildman–Crippen LogP) is 2.08. The highest BCUT2D eigenvalue weighted by atomic mass is 19.4. The number of ether oxygens (including phenoxy) is 1. The maximum atomic E-state index is 12.9. The summed E-state index contributed by atoms with van der Waals surface area (Å²) in [5, 5.41) is 8.58. The molecule has 1 heterocycles. The van der Waals surface area contributed by atoms with E-state index in [2.05, 4.69) is 9.72 Å². The van der Waals surface area contributed by atoms with Crippen LogP contribution >= 0.6 is 0 Å². The third-order valence-corrected chi connectivity index (χ3v) is 2.28. The minimum absolute atomic E-state index is 0.438. The monoisotopic (exact) mass is 318 g/mol. The van der Waals surface area contributed by atoms with Gasteiger partial charge in [-0.05, 0) is 11.1 Å². The molecule has 0 saturated heterocycles. The Bertz CT molecular complexity index is 541. The Morgan fingerprint density at radius 2 is 1.86 bits per heavy atom. The van der Waals surface area contributed by atoms with Crippen molar-refractivity contribution in [2.75, 3.05) is 0 Å². The van der Waals surface area contributed by atoms with E-state index in [1.54, 1.807) is 0 Å². The molecular weight excluding hydrogens is 310 g/mol. The number of rotatable bonds is 4. The fourth-order valence-corrected chi connectivity index (χ4v) is 1.60. The van der Waals surface area contributed by atoms with E-state index < -0.39 is 54.0 Å². The van der Waals surface area contributed by atoms with Crippen LogP contribution in [0.2, 0.25) is 0 Å². The molecule has 0 atom stereocenters. The van der Waals surface area contributed by atoms with Crippen LogP contribution in [0.4, 0.5) is 26.3 Å². The summed E-state index contributed by atoms with van der Waals surface area (Å²) in [7, 11) is 0. The van der Waals surface area contributed by atoms with E-state index in [0.29, 0.717) is 6.20 Å². The van der Waals surface area contributed by atoms with E-state index in [0.717, 1.165) is 0 Å². The predicted molar refractivity (Wildman–Crippen MR) is 55.2 cm³/mol. The Balaban J connectivity index is 3.50. The number of aliphatic carboxylic acids is 1. The van der Waals surface area contributed by atoms with Gasteiger partial charge in [-0.25, -0.2) is 4.98 Å². The fraction of sp³-hybridized carbons (Fsp3) is 0.400. The Labute approximate surface area is 113 Å². The Morgan fingerprint density at radius 3 is 2.24 bits per heavy atom. The zero-order chi connectivity index (χ0) is 16.4. The van der Waals surface area contributed by atoms with Gasteiger partial charge in [-0.2, -0.15) is 13.2 Å². The first-order chi connectivity index (χ1) is 9.45. The van der Waals surface area contributed by atoms with E-state index in [-0.39, 0.29) is 0 Å². The molecule has 11 heteroatoms. The highest BCUT2D eigenvalue weighted by molar-refractivity contribution is 5.71. The number of nitrogens with two attached hydrogens (primary N) is 1. The molecule has 0 bridgehead atoms. The number of carbonyl (C=O) groups is 1. The number of pyridine rings is 1. The lowest BCUT2D eigenvalue weighted by Crippen LogP contribution is -2.24. The van der Waals surface area contributed by atoms with Crippen LogP contribution in [-0.4, -0.2) is 22.4 Å². The average Bonchev–Trinajstić information content (AvgIpc) is 2.26. The van der Waals surface area contributed by atoms with Crippen LogP contribution in [0.5, 0.6) is 5.88 Å². The molecule has 0 amide bonds. The Kier molecular flexibility index (Phi) is 4.66. The molecule has 5 nitrogen and oxygen atoms in total. The Morgan fingerprint density at radius 1 is 1.29 bits per heavy atom. The number of aromatic nitrogens is 1. The van der Waals surface area contributed by atoms with Crippen molar-refractivity contribution >= 4 is 5.97 Å². The van der Waals surface area contributed by atoms with Crippen LogP contribution in [-0.2, 0) is 23.9 Å². The molecule has 0 aromatic carbocycles. The molecule has 0 fully saturated rings. The lowest BCUT2D eigenvalue weighted by molar-refractivity contribution is -0.278. The maximum absolute atomic E-state index is 12.9. The summed E-state index contributed by atoms with van der Waals surface area (Å²) in [5.41, 5.74) is 2.02. The standard InChI is InChI=1S/C10H8F6N2O3/c11-9(12,13)7-5(2-17)4(1-6(19)20)3-18-8(7)21-10(14,15)16/h3H,1-2,17H2,(H,19,20). The lowest BCUT2D eigenvalue weighted by Gasteiger charge is -2.19. The van der Waals surface area contributed by atoms with Crippen LogP contribution in [0.15, 0.2) is 6.20 Å². The number of hydrogen-bond acceptors (Lipinski definition) is 4. The van der Waals surface area contributed by atoms with Crippen molar-refractivity contribution in [1.29, 1.82) is 0 Å². The van der Waals surface area contributed by atoms with Gasteiger partial charge in [-0.1, -0.05) is 0 Å². The molecule has 21 heavy (non-hydrogen) atoms. The third-order valence-electron chi connectivity index (χ3n) is 2.28. The molecule has 118 valence electrons. The van der Waals surface area contributed by atoms with Crippen molar-refractivity contribution in [2.24, 2.45) is 5.73 Å². The van der Waals surface area contributed by atoms with Crippen LogP contribution in [0.25, 0.3) is 0 Å². The molecule has 0 unspecified atom stereocenters. The summed E-state index contributed by atoms with van der Waals surface area (Å²) in [6.07, 6.45) is -10.9. The quantitative estimate of drug-likeness (QED) is 0.830. The molecule has 0 aliphatic carbocycles. The molecule has 0 radical (unpaired) electrons. The first-order valence-electron chi connectivity index (χ1n) is 5.21. The molecular formula is C10H8F6N2O3. The summed E-state index contributed by atoms with van der Waals surface area (Å²) in [5.74, 6) is -3.20. The maximum Gasteiger partial charge on any atom is 0.574 e. The smallest absolute Gasteiger partial charge is 0.481 e. The van der Waals surface area contributed by atoms with E-state index in [4.69, 9.17) is 10.8 Å². The number of halogens is 6. The molecule has 1 aromatic rings. The fourth-order valence-electron chi connectivity index (χ4n) is 1.60. The summed E-state index contributed by atoms with van der Waals surface area (Å²) in [6.45, 7) is -0.825. The summed E-state index contributed by atoms with van der Waals surface area (Å²) in [4.78, 5) is 13.5. The molecule has 0 saturated carbocycles. The van der Waals surface area contributed by atoms with E-state index >= 15 is 0 Å². The zero-order valence-electron chi connectivity index (χ0n) is 10.0. The van der Waals surface area contributed by atoms with Gasteiger partial charge in [0, 0.05) is 12.7 Å². The van der Waals surface area contributed by atoms with E-state index in [1.807, 2.05) is 0 Å². The first-order valence-corrected chi connectivity index (χ1v) is 5.21. The van der Waals surface area contributed by atoms with E-state index in [9.17, 15) is 31.1 Å². The van der Waals surface area contributed by atoms with E-state index in [1.165, 1.54) is 0 Å². The van der Waals surface area contributed by atoms with Crippen molar-refractivity contribution < 1.29 is 41.0 Å². The number of hydrogen-bond donors (Lipinski definition) is 2. The lowest BCUT2D eigenvalue weighted by atomic mass is 10.0. The number of carboxylic acids is 1. The van der Waals surface area contributed by atoms with Crippen LogP contribution < -0.4 is 10.5 Å². The van der Waals surface area contributed by atoms with Crippen molar-refractivity contribution in [3.8, 4) is 5.88 Å². The van der Waals surface area contributed by atoms with Gasteiger partial charge in [0.2, 0.25) is 5.88 Å². The van der Waals surface area contributed by atoms with Crippen LogP contribution in [0.1, 0.15) is 16.7 Å². The van der Waals surface area contributed by atoms with Crippen molar-refractivity contribution in [2.45, 2.75) is 25.5 Å². The van der Waals surface area contributed by atoms with Crippen molar-refractivity contribution in [3.05, 3.63) is 22.9 Å². The molecule has 0 aliphatic heterocycles. The summed E-state index contributed by atoms with van der Waals surface area (Å²) < 4.78 is 78.2. The van der Waals surface area contributed by atoms with Gasteiger partial charge in [0.1, 0.15) is 5.56 Å². The highest BCUT2D eigenvalue weighted by Gasteiger charge is 2.42. The van der Waals surface area contributed by atoms with Gasteiger partial charge in [-0.15, -0.1) is 13.2 Å². The summed E-state index contributed by atoms with van der Waals surface area (Å²) >= 11 is 0. The largest absolute Gasteiger partial charge is 0.574 e. The molecule has 1 rings (SSSR count). The van der Waals surface area contributed by atoms with Crippen LogP contribution in [0, 0.1) is 0 Å². The second-order valence-corrected chi connectivity index (χ2v) is 3.76. The highest BCUT2D eigenvalue weighted by Crippen LogP contribution is 2.40. The Hall–Kier alpha value is -2.04. The zero-order valence-corrected chi connectivity index (χ0v) is 10.0. The van der Waals surface area contributed by atoms with Gasteiger partial charge in [-0.3, -0.25) is 4.79 Å². The third kappa shape index (κ3) is 4.48. The van der Waals surface area contributed by atoms with Gasteiger partial charge in [0.05, 0.1) is 6.42 Å². The average molecular weight is 318 g/mol. The van der Waals surface area contributed by atoms with Gasteiger partial charge < -0.3 is 15.6 Å². The molecule has 0 aliphatic rings. The summed E-state index contributed by atoms with van der Waals surface area (Å²) in [6, 6.07) is 0. The molecule has 3 N–H and O–H groups in total. The topological polar surface area (TPSA) is 85.4 Å². The van der Waals surface area contributed by atoms with Crippen molar-refractivity contribution in [1.82, 2.24) is 4.98 Å². The van der Waals surface area contributed by atoms with Gasteiger partial charge >= 0.3 is 18.5 Å². The number of alkyl halides is 6. The normalized spacial score (nSPS) is 12.3. The number of nitrogens with zero attached hydrogens (tertiary/aromatic N) is 1. The minimum atomic E-state index is -5.38. The van der Waals surface area contributed by atoms with Gasteiger partial charge in [0.15, 0.2) is 0 Å². The SMILES string of the molecule is NCc1c(CC(=O)O)cnc(OC(F)(F)F)c1C(F)(F)F.